The molecular formula is C21H14FN5O4. The normalized spacial score (nSPS) is 11.6. The van der Waals surface area contributed by atoms with Crippen molar-refractivity contribution in [2.75, 3.05) is 0 Å². The zero-order valence-corrected chi connectivity index (χ0v) is 15.8. The zero-order valence-electron chi connectivity index (χ0n) is 15.8. The number of pyridine rings is 1. The highest BCUT2D eigenvalue weighted by atomic mass is 19.1. The number of ether oxygens (including phenoxy) is 1. The second-order valence-electron chi connectivity index (χ2n) is 6.40. The van der Waals surface area contributed by atoms with Gasteiger partial charge < -0.3 is 4.74 Å². The second kappa shape index (κ2) is 8.49. The Labute approximate surface area is 174 Å². The van der Waals surface area contributed by atoms with Gasteiger partial charge in [0, 0.05) is 17.8 Å². The van der Waals surface area contributed by atoms with E-state index in [-0.39, 0.29) is 16.9 Å². The number of benzene rings is 2. The molecule has 0 radical (unpaired) electrons. The Balaban J connectivity index is 1.69. The van der Waals surface area contributed by atoms with Gasteiger partial charge in [0.05, 0.1) is 16.2 Å². The minimum Gasteiger partial charge on any atom is -0.447 e. The Morgan fingerprint density at radius 3 is 2.68 bits per heavy atom. The van der Waals surface area contributed by atoms with Crippen molar-refractivity contribution >= 4 is 11.7 Å². The lowest BCUT2D eigenvalue weighted by atomic mass is 10.1. The van der Waals surface area contributed by atoms with Crippen LogP contribution >= 0.6 is 0 Å². The van der Waals surface area contributed by atoms with Crippen LogP contribution in [0.15, 0.2) is 79.5 Å². The molecule has 1 unspecified atom stereocenters. The number of rotatable bonds is 6. The monoisotopic (exact) mass is 419 g/mol. The van der Waals surface area contributed by atoms with Crippen molar-refractivity contribution in [2.45, 2.75) is 6.10 Å². The predicted octanol–water partition coefficient (Wildman–Crippen LogP) is 3.66. The molecule has 154 valence electrons. The third-order valence-corrected chi connectivity index (χ3v) is 4.41. The highest BCUT2D eigenvalue weighted by Crippen LogP contribution is 2.28. The average Bonchev–Trinajstić information content (AvgIpc) is 3.32. The summed E-state index contributed by atoms with van der Waals surface area (Å²) >= 11 is 0. The SMILES string of the molecule is O=C(OC(c1cccc(F)c1)c1ccccn1)c1ccc(-n2cncn2)c([N+](=O)[O-])c1. The summed E-state index contributed by atoms with van der Waals surface area (Å²) in [5, 5.41) is 15.4. The van der Waals surface area contributed by atoms with Crippen molar-refractivity contribution in [1.29, 1.82) is 0 Å². The van der Waals surface area contributed by atoms with Crippen LogP contribution in [0.25, 0.3) is 5.69 Å². The molecule has 1 atom stereocenters. The van der Waals surface area contributed by atoms with Gasteiger partial charge in [0.2, 0.25) is 0 Å². The smallest absolute Gasteiger partial charge is 0.339 e. The molecule has 0 aliphatic rings. The van der Waals surface area contributed by atoms with Crippen molar-refractivity contribution in [3.05, 3.63) is 112 Å². The molecule has 0 fully saturated rings. The van der Waals surface area contributed by atoms with Crippen LogP contribution < -0.4 is 0 Å². The zero-order chi connectivity index (χ0) is 21.8. The maximum Gasteiger partial charge on any atom is 0.339 e. The third kappa shape index (κ3) is 4.27. The number of nitrogens with zero attached hydrogens (tertiary/aromatic N) is 5. The summed E-state index contributed by atoms with van der Waals surface area (Å²) in [6.07, 6.45) is 3.06. The molecule has 4 aromatic rings. The van der Waals surface area contributed by atoms with E-state index in [1.165, 1.54) is 53.9 Å². The molecule has 0 saturated heterocycles. The number of carbonyl (C=O) groups is 1. The molecule has 0 saturated carbocycles. The van der Waals surface area contributed by atoms with E-state index >= 15 is 0 Å². The number of nitro groups is 1. The van der Waals surface area contributed by atoms with Gasteiger partial charge in [-0.3, -0.25) is 15.1 Å². The molecular weight excluding hydrogens is 405 g/mol. The van der Waals surface area contributed by atoms with Crippen LogP contribution in [0, 0.1) is 15.9 Å². The summed E-state index contributed by atoms with van der Waals surface area (Å²) in [6, 6.07) is 14.5. The number of halogens is 1. The Hall–Kier alpha value is -4.47. The average molecular weight is 419 g/mol. The summed E-state index contributed by atoms with van der Waals surface area (Å²) in [5.41, 5.74) is 0.509. The van der Waals surface area contributed by atoms with E-state index in [2.05, 4.69) is 15.1 Å². The molecule has 31 heavy (non-hydrogen) atoms. The van der Waals surface area contributed by atoms with E-state index in [1.807, 2.05) is 0 Å². The maximum atomic E-state index is 13.8. The molecule has 0 bridgehead atoms. The van der Waals surface area contributed by atoms with Crippen LogP contribution in [0.3, 0.4) is 0 Å². The Morgan fingerprint density at radius 1 is 1.13 bits per heavy atom. The molecule has 0 N–H and O–H groups in total. The second-order valence-corrected chi connectivity index (χ2v) is 6.40. The first-order valence-corrected chi connectivity index (χ1v) is 9.04. The van der Waals surface area contributed by atoms with Crippen molar-refractivity contribution in [3.63, 3.8) is 0 Å². The highest BCUT2D eigenvalue weighted by Gasteiger charge is 2.25. The van der Waals surface area contributed by atoms with Crippen LogP contribution in [0.4, 0.5) is 10.1 Å². The number of esters is 1. The fourth-order valence-corrected chi connectivity index (χ4v) is 3.00. The van der Waals surface area contributed by atoms with Crippen LogP contribution in [-0.4, -0.2) is 30.6 Å². The lowest BCUT2D eigenvalue weighted by Crippen LogP contribution is -2.15. The number of aromatic nitrogens is 4. The topological polar surface area (TPSA) is 113 Å². The van der Waals surface area contributed by atoms with E-state index in [0.29, 0.717) is 11.3 Å². The van der Waals surface area contributed by atoms with Gasteiger partial charge in [-0.1, -0.05) is 18.2 Å². The number of hydrogen-bond donors (Lipinski definition) is 0. The molecule has 2 aromatic heterocycles. The van der Waals surface area contributed by atoms with E-state index in [4.69, 9.17) is 4.74 Å². The minimum atomic E-state index is -1.00. The van der Waals surface area contributed by atoms with Gasteiger partial charge in [-0.25, -0.2) is 18.9 Å². The van der Waals surface area contributed by atoms with Crippen LogP contribution in [-0.2, 0) is 4.74 Å². The Bertz CT molecular complexity index is 1230. The third-order valence-electron chi connectivity index (χ3n) is 4.41. The van der Waals surface area contributed by atoms with Crippen molar-refractivity contribution in [1.82, 2.24) is 19.7 Å². The first-order chi connectivity index (χ1) is 15.0. The van der Waals surface area contributed by atoms with E-state index < -0.39 is 22.8 Å². The van der Waals surface area contributed by atoms with Gasteiger partial charge in [0.1, 0.15) is 24.2 Å². The lowest BCUT2D eigenvalue weighted by Gasteiger charge is -2.18. The predicted molar refractivity (Wildman–Crippen MR) is 106 cm³/mol. The molecule has 0 aliphatic carbocycles. The fourth-order valence-electron chi connectivity index (χ4n) is 3.00. The van der Waals surface area contributed by atoms with Crippen LogP contribution in [0.1, 0.15) is 27.7 Å². The Morgan fingerprint density at radius 2 is 2.00 bits per heavy atom. The lowest BCUT2D eigenvalue weighted by molar-refractivity contribution is -0.384. The maximum absolute atomic E-state index is 13.8. The van der Waals surface area contributed by atoms with Crippen LogP contribution in [0.2, 0.25) is 0 Å². The molecule has 0 spiro atoms. The molecule has 0 amide bonds. The molecule has 2 heterocycles. The van der Waals surface area contributed by atoms with Gasteiger partial charge in [-0.2, -0.15) is 5.10 Å². The quantitative estimate of drug-likeness (QED) is 0.266. The standard InChI is InChI=1S/C21H14FN5O4/c22-16-5-3-4-14(10-16)20(17-6-1-2-9-24-17)31-21(28)15-7-8-18(19(11-15)27(29)30)26-13-23-12-25-26/h1-13,20H. The minimum absolute atomic E-state index is 0.0482. The first-order valence-electron chi connectivity index (χ1n) is 9.04. The van der Waals surface area contributed by atoms with Crippen molar-refractivity contribution in [3.8, 4) is 5.69 Å². The van der Waals surface area contributed by atoms with E-state index in [9.17, 15) is 19.3 Å². The molecule has 0 aliphatic heterocycles. The molecule has 10 heteroatoms. The first kappa shape index (κ1) is 19.8. The number of hydrogen-bond acceptors (Lipinski definition) is 7. The summed E-state index contributed by atoms with van der Waals surface area (Å²) in [5.74, 6) is -1.32. The number of nitro benzene ring substituents is 1. The van der Waals surface area contributed by atoms with Gasteiger partial charge >= 0.3 is 5.97 Å². The van der Waals surface area contributed by atoms with Gasteiger partial charge in [0.15, 0.2) is 6.10 Å². The summed E-state index contributed by atoms with van der Waals surface area (Å²) in [6.45, 7) is 0. The van der Waals surface area contributed by atoms with Gasteiger partial charge in [-0.15, -0.1) is 0 Å². The van der Waals surface area contributed by atoms with E-state index in [1.54, 1.807) is 24.3 Å². The fraction of sp³-hybridized carbons (Fsp3) is 0.0476. The number of carbonyl (C=O) groups excluding carboxylic acids is 1. The summed E-state index contributed by atoms with van der Waals surface area (Å²) < 4.78 is 20.6. The summed E-state index contributed by atoms with van der Waals surface area (Å²) in [7, 11) is 0. The van der Waals surface area contributed by atoms with Gasteiger partial charge in [0.25, 0.3) is 5.69 Å². The van der Waals surface area contributed by atoms with Gasteiger partial charge in [-0.05, 0) is 36.4 Å². The van der Waals surface area contributed by atoms with Crippen molar-refractivity contribution < 1.29 is 18.8 Å². The Kier molecular flexibility index (Phi) is 5.43. The largest absolute Gasteiger partial charge is 0.447 e. The van der Waals surface area contributed by atoms with Crippen molar-refractivity contribution in [2.24, 2.45) is 0 Å². The molecule has 9 nitrogen and oxygen atoms in total. The molecule has 2 aromatic carbocycles. The molecule has 4 rings (SSSR count). The van der Waals surface area contributed by atoms with E-state index in [0.717, 1.165) is 6.07 Å². The van der Waals surface area contributed by atoms with Crippen LogP contribution in [0.5, 0.6) is 0 Å². The summed E-state index contributed by atoms with van der Waals surface area (Å²) in [4.78, 5) is 31.7. The highest BCUT2D eigenvalue weighted by molar-refractivity contribution is 5.91.